The van der Waals surface area contributed by atoms with Crippen LogP contribution in [0.15, 0.2) is 10.6 Å². The Kier molecular flexibility index (Phi) is 3.60. The first-order chi connectivity index (χ1) is 7.55. The van der Waals surface area contributed by atoms with E-state index in [0.717, 1.165) is 18.0 Å². The van der Waals surface area contributed by atoms with Crippen LogP contribution in [-0.4, -0.2) is 22.7 Å². The molecular formula is C12H20N2OS. The molecule has 0 saturated carbocycles. The number of aromatic nitrogens is 1. The molecular weight excluding hydrogens is 220 g/mol. The fourth-order valence-corrected chi connectivity index (χ4v) is 3.45. The van der Waals surface area contributed by atoms with Crippen molar-refractivity contribution in [3.8, 4) is 0 Å². The monoisotopic (exact) mass is 240 g/mol. The smallest absolute Gasteiger partial charge is 0.150 e. The zero-order chi connectivity index (χ0) is 11.6. The van der Waals surface area contributed by atoms with Gasteiger partial charge in [-0.1, -0.05) is 19.0 Å². The molecule has 0 aromatic carbocycles. The van der Waals surface area contributed by atoms with Crippen molar-refractivity contribution in [2.45, 2.75) is 39.8 Å². The van der Waals surface area contributed by atoms with Gasteiger partial charge in [0.15, 0.2) is 5.76 Å². The highest BCUT2D eigenvalue weighted by molar-refractivity contribution is 7.99. The van der Waals surface area contributed by atoms with Crippen LogP contribution in [-0.2, 0) is 6.54 Å². The molecule has 1 aromatic rings. The Hall–Kier alpha value is -0.480. The molecule has 1 fully saturated rings. The largest absolute Gasteiger partial charge is 0.360 e. The molecule has 2 rings (SSSR count). The predicted octanol–water partition coefficient (Wildman–Crippen LogP) is 2.60. The van der Waals surface area contributed by atoms with Gasteiger partial charge in [-0.3, -0.25) is 0 Å². The maximum absolute atomic E-state index is 5.19. The third kappa shape index (κ3) is 3.25. The lowest BCUT2D eigenvalue weighted by Gasteiger charge is -2.35. The van der Waals surface area contributed by atoms with E-state index in [0.29, 0.717) is 11.5 Å². The summed E-state index contributed by atoms with van der Waals surface area (Å²) in [5, 5.41) is 7.44. The van der Waals surface area contributed by atoms with E-state index < -0.39 is 0 Å². The number of nitrogens with zero attached hydrogens (tertiary/aromatic N) is 1. The minimum absolute atomic E-state index is 0.456. The molecule has 1 saturated heterocycles. The Bertz CT molecular complexity index is 349. The Morgan fingerprint density at radius 1 is 1.62 bits per heavy atom. The highest BCUT2D eigenvalue weighted by Gasteiger charge is 2.28. The SMILES string of the molecule is Cc1cc(CNC2CSCC(C)(C)C2)on1. The molecule has 1 aliphatic rings. The molecule has 2 heterocycles. The number of thioether (sulfide) groups is 1. The number of aryl methyl sites for hydroxylation is 1. The topological polar surface area (TPSA) is 38.1 Å². The molecule has 0 aliphatic carbocycles. The van der Waals surface area contributed by atoms with Crippen molar-refractivity contribution in [2.75, 3.05) is 11.5 Å². The second-order valence-corrected chi connectivity index (χ2v) is 6.43. The Labute approximate surface area is 101 Å². The molecule has 0 radical (unpaired) electrons. The molecule has 1 atom stereocenters. The predicted molar refractivity (Wildman–Crippen MR) is 67.6 cm³/mol. The molecule has 90 valence electrons. The van der Waals surface area contributed by atoms with E-state index in [2.05, 4.69) is 24.3 Å². The van der Waals surface area contributed by atoms with Gasteiger partial charge in [0, 0.05) is 17.9 Å². The van der Waals surface area contributed by atoms with Gasteiger partial charge in [-0.15, -0.1) is 0 Å². The fourth-order valence-electron chi connectivity index (χ4n) is 2.14. The number of nitrogens with one attached hydrogen (secondary N) is 1. The molecule has 16 heavy (non-hydrogen) atoms. The normalized spacial score (nSPS) is 24.6. The highest BCUT2D eigenvalue weighted by Crippen LogP contribution is 2.33. The van der Waals surface area contributed by atoms with Crippen LogP contribution in [0.3, 0.4) is 0 Å². The van der Waals surface area contributed by atoms with Crippen LogP contribution in [0.5, 0.6) is 0 Å². The van der Waals surface area contributed by atoms with E-state index in [9.17, 15) is 0 Å². The summed E-state index contributed by atoms with van der Waals surface area (Å²) in [7, 11) is 0. The van der Waals surface area contributed by atoms with Crippen LogP contribution < -0.4 is 5.32 Å². The van der Waals surface area contributed by atoms with Crippen molar-refractivity contribution in [3.63, 3.8) is 0 Å². The van der Waals surface area contributed by atoms with Crippen LogP contribution in [0.2, 0.25) is 0 Å². The maximum atomic E-state index is 5.19. The number of rotatable bonds is 3. The van der Waals surface area contributed by atoms with Gasteiger partial charge in [0.2, 0.25) is 0 Å². The molecule has 0 bridgehead atoms. The molecule has 1 aromatic heterocycles. The zero-order valence-corrected chi connectivity index (χ0v) is 11.1. The third-order valence-corrected chi connectivity index (χ3v) is 4.48. The van der Waals surface area contributed by atoms with Gasteiger partial charge >= 0.3 is 0 Å². The number of hydrogen-bond acceptors (Lipinski definition) is 4. The first-order valence-electron chi connectivity index (χ1n) is 5.78. The summed E-state index contributed by atoms with van der Waals surface area (Å²) in [5.41, 5.74) is 1.41. The van der Waals surface area contributed by atoms with Crippen LogP contribution in [0, 0.1) is 12.3 Å². The lowest BCUT2D eigenvalue weighted by molar-refractivity contribution is 0.303. The summed E-state index contributed by atoms with van der Waals surface area (Å²) in [5.74, 6) is 3.41. The van der Waals surface area contributed by atoms with Gasteiger partial charge in [0.1, 0.15) is 0 Å². The summed E-state index contributed by atoms with van der Waals surface area (Å²) in [6, 6.07) is 2.59. The lowest BCUT2D eigenvalue weighted by atomic mass is 9.88. The van der Waals surface area contributed by atoms with Gasteiger partial charge in [-0.2, -0.15) is 11.8 Å². The van der Waals surface area contributed by atoms with Gasteiger partial charge < -0.3 is 9.84 Å². The van der Waals surface area contributed by atoms with Crippen LogP contribution in [0.25, 0.3) is 0 Å². The van der Waals surface area contributed by atoms with Crippen molar-refractivity contribution in [3.05, 3.63) is 17.5 Å². The molecule has 4 heteroatoms. The minimum atomic E-state index is 0.456. The van der Waals surface area contributed by atoms with Crippen molar-refractivity contribution in [1.29, 1.82) is 0 Å². The molecule has 1 N–H and O–H groups in total. The van der Waals surface area contributed by atoms with Gasteiger partial charge in [-0.25, -0.2) is 0 Å². The maximum Gasteiger partial charge on any atom is 0.150 e. The van der Waals surface area contributed by atoms with E-state index in [1.807, 2.05) is 24.8 Å². The fraction of sp³-hybridized carbons (Fsp3) is 0.750. The highest BCUT2D eigenvalue weighted by atomic mass is 32.2. The molecule has 0 spiro atoms. The quantitative estimate of drug-likeness (QED) is 0.881. The zero-order valence-electron chi connectivity index (χ0n) is 10.2. The van der Waals surface area contributed by atoms with Crippen molar-refractivity contribution >= 4 is 11.8 Å². The van der Waals surface area contributed by atoms with Gasteiger partial charge in [-0.05, 0) is 24.5 Å². The molecule has 1 aliphatic heterocycles. The van der Waals surface area contributed by atoms with Gasteiger partial charge in [0.05, 0.1) is 12.2 Å². The molecule has 0 amide bonds. The van der Waals surface area contributed by atoms with Gasteiger partial charge in [0.25, 0.3) is 0 Å². The Balaban J connectivity index is 1.82. The van der Waals surface area contributed by atoms with E-state index in [4.69, 9.17) is 4.52 Å². The summed E-state index contributed by atoms with van der Waals surface area (Å²) < 4.78 is 5.19. The summed E-state index contributed by atoms with van der Waals surface area (Å²) >= 11 is 2.04. The minimum Gasteiger partial charge on any atom is -0.360 e. The third-order valence-electron chi connectivity index (χ3n) is 2.85. The molecule has 3 nitrogen and oxygen atoms in total. The lowest BCUT2D eigenvalue weighted by Crippen LogP contribution is -2.39. The first kappa shape index (κ1) is 12.0. The molecule has 1 unspecified atom stereocenters. The van der Waals surface area contributed by atoms with E-state index in [1.54, 1.807) is 0 Å². The second-order valence-electron chi connectivity index (χ2n) is 5.40. The summed E-state index contributed by atoms with van der Waals surface area (Å²) in [6.07, 6.45) is 1.24. The Morgan fingerprint density at radius 3 is 3.06 bits per heavy atom. The van der Waals surface area contributed by atoms with E-state index >= 15 is 0 Å². The average Bonchev–Trinajstić information content (AvgIpc) is 2.60. The average molecular weight is 240 g/mol. The van der Waals surface area contributed by atoms with E-state index in [1.165, 1.54) is 17.9 Å². The van der Waals surface area contributed by atoms with Crippen LogP contribution in [0.1, 0.15) is 31.7 Å². The first-order valence-corrected chi connectivity index (χ1v) is 6.94. The number of hydrogen-bond donors (Lipinski definition) is 1. The summed E-state index contributed by atoms with van der Waals surface area (Å²) in [6.45, 7) is 7.42. The van der Waals surface area contributed by atoms with E-state index in [-0.39, 0.29) is 0 Å². The second kappa shape index (κ2) is 4.80. The van der Waals surface area contributed by atoms with Crippen LogP contribution in [0.4, 0.5) is 0 Å². The van der Waals surface area contributed by atoms with Crippen molar-refractivity contribution in [1.82, 2.24) is 10.5 Å². The van der Waals surface area contributed by atoms with Crippen molar-refractivity contribution < 1.29 is 4.52 Å². The Morgan fingerprint density at radius 2 is 2.44 bits per heavy atom. The standard InChI is InChI=1S/C12H20N2OS/c1-9-4-11(15-14-9)6-13-10-5-12(2,3)8-16-7-10/h4,10,13H,5-8H2,1-3H3. The van der Waals surface area contributed by atoms with Crippen LogP contribution >= 0.6 is 11.8 Å². The summed E-state index contributed by atoms with van der Waals surface area (Å²) in [4.78, 5) is 0. The van der Waals surface area contributed by atoms with Crippen molar-refractivity contribution in [2.24, 2.45) is 5.41 Å².